The molecule has 0 aromatic rings. The molecule has 0 aliphatic heterocycles. The van der Waals surface area contributed by atoms with Gasteiger partial charge in [0.15, 0.2) is 0 Å². The van der Waals surface area contributed by atoms with Gasteiger partial charge in [-0.25, -0.2) is 0 Å². The molecule has 1 unspecified atom stereocenters. The highest BCUT2D eigenvalue weighted by Gasteiger charge is 2.43. The largest absolute Gasteiger partial charge is 0.481 e. The van der Waals surface area contributed by atoms with Crippen molar-refractivity contribution < 1.29 is 19.8 Å². The van der Waals surface area contributed by atoms with E-state index in [1.807, 2.05) is 6.92 Å². The molecule has 0 fully saturated rings. The van der Waals surface area contributed by atoms with Crippen LogP contribution in [-0.4, -0.2) is 22.2 Å². The molecule has 0 aliphatic rings. The van der Waals surface area contributed by atoms with E-state index in [1.54, 1.807) is 0 Å². The lowest BCUT2D eigenvalue weighted by atomic mass is 9.67. The minimum Gasteiger partial charge on any atom is -0.481 e. The van der Waals surface area contributed by atoms with E-state index < -0.39 is 22.8 Å². The molecule has 0 aromatic heterocycles. The Hall–Kier alpha value is -1.06. The van der Waals surface area contributed by atoms with Crippen LogP contribution in [0.25, 0.3) is 0 Å². The van der Waals surface area contributed by atoms with E-state index in [2.05, 4.69) is 20.8 Å². The van der Waals surface area contributed by atoms with Gasteiger partial charge in [-0.05, 0) is 38.5 Å². The highest BCUT2D eigenvalue weighted by Crippen LogP contribution is 2.43. The molecule has 4 heteroatoms. The highest BCUT2D eigenvalue weighted by atomic mass is 16.4. The summed E-state index contributed by atoms with van der Waals surface area (Å²) < 4.78 is 0. The molecule has 0 aliphatic carbocycles. The van der Waals surface area contributed by atoms with Crippen LogP contribution in [0.1, 0.15) is 111 Å². The van der Waals surface area contributed by atoms with Crippen LogP contribution >= 0.6 is 0 Å². The number of hydrogen-bond acceptors (Lipinski definition) is 2. The summed E-state index contributed by atoms with van der Waals surface area (Å²) in [6, 6.07) is 0. The molecule has 0 amide bonds. The molecule has 0 heterocycles. The normalized spacial score (nSPS) is 14.2. The van der Waals surface area contributed by atoms with Gasteiger partial charge in [-0.3, -0.25) is 9.59 Å². The zero-order chi connectivity index (χ0) is 19.3. The van der Waals surface area contributed by atoms with Crippen molar-refractivity contribution in [3.63, 3.8) is 0 Å². The van der Waals surface area contributed by atoms with E-state index in [0.717, 1.165) is 44.9 Å². The molecule has 0 radical (unpaired) electrons. The summed E-state index contributed by atoms with van der Waals surface area (Å²) in [5.74, 6) is -1.48. The van der Waals surface area contributed by atoms with Crippen LogP contribution in [0.5, 0.6) is 0 Å². The summed E-state index contributed by atoms with van der Waals surface area (Å²) in [7, 11) is 0. The van der Waals surface area contributed by atoms with Crippen molar-refractivity contribution in [1.29, 1.82) is 0 Å². The second-order valence-electron chi connectivity index (χ2n) is 7.73. The number of carboxylic acid groups (broad SMARTS) is 2. The Balaban J connectivity index is 5.44. The zero-order valence-electron chi connectivity index (χ0n) is 16.9. The van der Waals surface area contributed by atoms with Crippen LogP contribution in [0.2, 0.25) is 0 Å². The van der Waals surface area contributed by atoms with E-state index in [9.17, 15) is 19.8 Å². The van der Waals surface area contributed by atoms with Crippen LogP contribution in [-0.2, 0) is 9.59 Å². The van der Waals surface area contributed by atoms with Crippen molar-refractivity contribution in [2.45, 2.75) is 111 Å². The second kappa shape index (κ2) is 12.3. The van der Waals surface area contributed by atoms with Crippen LogP contribution in [0, 0.1) is 10.8 Å². The molecule has 1 atom stereocenters. The number of carbonyl (C=O) groups is 2. The first-order valence-electron chi connectivity index (χ1n) is 10.3. The zero-order valence-corrected chi connectivity index (χ0v) is 16.9. The van der Waals surface area contributed by atoms with Crippen LogP contribution in [0.4, 0.5) is 0 Å². The molecule has 25 heavy (non-hydrogen) atoms. The fraction of sp³-hybridized carbons (Fsp3) is 0.905. The minimum atomic E-state index is -0.760. The van der Waals surface area contributed by atoms with Crippen LogP contribution < -0.4 is 0 Å². The summed E-state index contributed by atoms with van der Waals surface area (Å²) in [6.45, 7) is 8.24. The Morgan fingerprint density at radius 2 is 0.880 bits per heavy atom. The maximum absolute atomic E-state index is 12.1. The molecule has 0 aromatic carbocycles. The number of hydrogen-bond donors (Lipinski definition) is 2. The SMILES string of the molecule is CCCCC(CCC)(CCC(CCCC)(CCCC)C(=O)O)C(=O)O. The summed E-state index contributed by atoms with van der Waals surface area (Å²) in [4.78, 5) is 24.2. The lowest BCUT2D eigenvalue weighted by Gasteiger charge is -2.35. The third-order valence-corrected chi connectivity index (χ3v) is 5.74. The summed E-state index contributed by atoms with van der Waals surface area (Å²) >= 11 is 0. The van der Waals surface area contributed by atoms with Crippen molar-refractivity contribution in [3.8, 4) is 0 Å². The predicted octanol–water partition coefficient (Wildman–Crippen LogP) is 6.28. The van der Waals surface area contributed by atoms with Gasteiger partial charge in [0.05, 0.1) is 10.8 Å². The number of unbranched alkanes of at least 4 members (excludes halogenated alkanes) is 3. The molecule has 2 N–H and O–H groups in total. The molecular weight excluding hydrogens is 316 g/mol. The van der Waals surface area contributed by atoms with E-state index in [-0.39, 0.29) is 0 Å². The molecule has 0 saturated carbocycles. The fourth-order valence-electron chi connectivity index (χ4n) is 3.89. The first-order chi connectivity index (χ1) is 11.8. The van der Waals surface area contributed by atoms with Crippen molar-refractivity contribution in [2.75, 3.05) is 0 Å². The van der Waals surface area contributed by atoms with E-state index in [4.69, 9.17) is 0 Å². The second-order valence-corrected chi connectivity index (χ2v) is 7.73. The van der Waals surface area contributed by atoms with Crippen molar-refractivity contribution >= 4 is 11.9 Å². The number of rotatable bonds is 16. The average molecular weight is 357 g/mol. The first kappa shape index (κ1) is 23.9. The van der Waals surface area contributed by atoms with Gasteiger partial charge in [0.2, 0.25) is 0 Å². The highest BCUT2D eigenvalue weighted by molar-refractivity contribution is 5.76. The van der Waals surface area contributed by atoms with Gasteiger partial charge < -0.3 is 10.2 Å². The monoisotopic (exact) mass is 356 g/mol. The van der Waals surface area contributed by atoms with Crippen LogP contribution in [0.15, 0.2) is 0 Å². The van der Waals surface area contributed by atoms with Gasteiger partial charge in [0, 0.05) is 0 Å². The van der Waals surface area contributed by atoms with Gasteiger partial charge in [0.25, 0.3) is 0 Å². The number of aliphatic carboxylic acids is 2. The predicted molar refractivity (Wildman–Crippen MR) is 103 cm³/mol. The minimum absolute atomic E-state index is 0.482. The van der Waals surface area contributed by atoms with Gasteiger partial charge in [-0.15, -0.1) is 0 Å². The molecule has 0 bridgehead atoms. The molecular formula is C21H40O4. The van der Waals surface area contributed by atoms with Gasteiger partial charge in [0.1, 0.15) is 0 Å². The Morgan fingerprint density at radius 3 is 1.12 bits per heavy atom. The third kappa shape index (κ3) is 7.37. The average Bonchev–Trinajstić information content (AvgIpc) is 2.58. The Kier molecular flexibility index (Phi) is 11.8. The Morgan fingerprint density at radius 1 is 0.560 bits per heavy atom. The molecule has 0 rings (SSSR count). The van der Waals surface area contributed by atoms with Crippen molar-refractivity contribution in [3.05, 3.63) is 0 Å². The maximum atomic E-state index is 12.1. The Labute approximate surface area is 154 Å². The molecule has 0 saturated heterocycles. The summed E-state index contributed by atoms with van der Waals surface area (Å²) in [5.41, 5.74) is -1.52. The Bertz CT molecular complexity index is 383. The lowest BCUT2D eigenvalue weighted by molar-refractivity contribution is -0.156. The lowest BCUT2D eigenvalue weighted by Crippen LogP contribution is -2.37. The van der Waals surface area contributed by atoms with E-state index in [0.29, 0.717) is 38.5 Å². The van der Waals surface area contributed by atoms with E-state index >= 15 is 0 Å². The standard InChI is InChI=1S/C21H40O4/c1-5-9-13-20(12-8-4,18(22)23)16-17-21(19(24)25,14-10-6-2)15-11-7-3/h5-17H2,1-4H3,(H,22,23)(H,24,25). The first-order valence-corrected chi connectivity index (χ1v) is 10.3. The molecule has 148 valence electrons. The number of carboxylic acids is 2. The molecule has 0 spiro atoms. The maximum Gasteiger partial charge on any atom is 0.309 e. The smallest absolute Gasteiger partial charge is 0.309 e. The quantitative estimate of drug-likeness (QED) is 0.341. The third-order valence-electron chi connectivity index (χ3n) is 5.74. The molecule has 4 nitrogen and oxygen atoms in total. The van der Waals surface area contributed by atoms with Gasteiger partial charge in [-0.1, -0.05) is 72.6 Å². The van der Waals surface area contributed by atoms with Crippen molar-refractivity contribution in [2.24, 2.45) is 10.8 Å². The fourth-order valence-corrected chi connectivity index (χ4v) is 3.89. The van der Waals surface area contributed by atoms with Gasteiger partial charge in [-0.2, -0.15) is 0 Å². The topological polar surface area (TPSA) is 74.6 Å². The van der Waals surface area contributed by atoms with E-state index in [1.165, 1.54) is 0 Å². The van der Waals surface area contributed by atoms with Gasteiger partial charge >= 0.3 is 11.9 Å². The van der Waals surface area contributed by atoms with Crippen molar-refractivity contribution in [1.82, 2.24) is 0 Å². The van der Waals surface area contributed by atoms with Crippen LogP contribution in [0.3, 0.4) is 0 Å². The summed E-state index contributed by atoms with van der Waals surface area (Å²) in [6.07, 6.45) is 9.97. The summed E-state index contributed by atoms with van der Waals surface area (Å²) in [5, 5.41) is 19.9.